The van der Waals surface area contributed by atoms with E-state index in [-0.39, 0.29) is 11.7 Å². The van der Waals surface area contributed by atoms with Gasteiger partial charge in [-0.3, -0.25) is 9.59 Å². The number of nitrogens with zero attached hydrogens (tertiary/aromatic N) is 2. The summed E-state index contributed by atoms with van der Waals surface area (Å²) < 4.78 is 5.38. The number of carbonyl (C=O) groups is 2. The Morgan fingerprint density at radius 1 is 1.04 bits per heavy atom. The molecule has 6 heteroatoms. The van der Waals surface area contributed by atoms with E-state index in [4.69, 9.17) is 16.3 Å². The van der Waals surface area contributed by atoms with Crippen molar-refractivity contribution in [2.45, 2.75) is 0 Å². The van der Waals surface area contributed by atoms with Crippen LogP contribution < -0.4 is 0 Å². The zero-order valence-corrected chi connectivity index (χ0v) is 13.1. The van der Waals surface area contributed by atoms with Crippen LogP contribution in [-0.4, -0.2) is 23.7 Å². The molecule has 3 rings (SSSR count). The number of hydrogen-bond acceptors (Lipinski definition) is 5. The molecule has 118 valence electrons. The zero-order valence-electron chi connectivity index (χ0n) is 12.3. The number of hydrogen-bond donors (Lipinski definition) is 0. The summed E-state index contributed by atoms with van der Waals surface area (Å²) in [4.78, 5) is 23.7. The summed E-state index contributed by atoms with van der Waals surface area (Å²) in [6, 6.07) is 15.5. The lowest BCUT2D eigenvalue weighted by Gasteiger charge is -2.02. The topological polar surface area (TPSA) is 68.1 Å². The predicted molar refractivity (Wildman–Crippen MR) is 92.2 cm³/mol. The Balaban J connectivity index is 1.69. The number of rotatable bonds is 4. The van der Waals surface area contributed by atoms with Crippen molar-refractivity contribution in [3.63, 3.8) is 0 Å². The third-order valence-electron chi connectivity index (χ3n) is 3.19. The molecule has 0 aromatic heterocycles. The van der Waals surface area contributed by atoms with Crippen LogP contribution in [0.1, 0.15) is 15.9 Å². The van der Waals surface area contributed by atoms with E-state index in [9.17, 15) is 9.59 Å². The lowest BCUT2D eigenvalue weighted by Crippen LogP contribution is -2.07. The number of benzene rings is 2. The summed E-state index contributed by atoms with van der Waals surface area (Å²) >= 11 is 5.82. The van der Waals surface area contributed by atoms with Gasteiger partial charge in [-0.1, -0.05) is 41.9 Å². The van der Waals surface area contributed by atoms with Gasteiger partial charge in [0.1, 0.15) is 5.76 Å². The molecule has 0 bridgehead atoms. The Hall–Kier alpha value is -3.05. The van der Waals surface area contributed by atoms with Crippen molar-refractivity contribution in [3.8, 4) is 0 Å². The monoisotopic (exact) mass is 338 g/mol. The Morgan fingerprint density at radius 3 is 2.46 bits per heavy atom. The lowest BCUT2D eigenvalue weighted by molar-refractivity contribution is -0.109. The fraction of sp³-hybridized carbons (Fsp3) is 0. The summed E-state index contributed by atoms with van der Waals surface area (Å²) in [5.74, 6) is -0.544. The fourth-order valence-electron chi connectivity index (χ4n) is 2.00. The van der Waals surface area contributed by atoms with Crippen LogP contribution >= 0.6 is 11.6 Å². The van der Waals surface area contributed by atoms with Gasteiger partial charge in [0, 0.05) is 22.2 Å². The van der Waals surface area contributed by atoms with E-state index in [2.05, 4.69) is 10.2 Å². The van der Waals surface area contributed by atoms with Crippen LogP contribution in [0, 0.1) is 0 Å². The van der Waals surface area contributed by atoms with Crippen molar-refractivity contribution < 1.29 is 14.3 Å². The largest absolute Gasteiger partial charge is 0.434 e. The molecule has 0 fully saturated rings. The van der Waals surface area contributed by atoms with Crippen LogP contribution in [0.4, 0.5) is 0 Å². The van der Waals surface area contributed by atoms with Crippen LogP contribution in [0.5, 0.6) is 0 Å². The van der Waals surface area contributed by atoms with E-state index in [1.165, 1.54) is 6.08 Å². The van der Waals surface area contributed by atoms with Gasteiger partial charge >= 0.3 is 0 Å². The molecule has 0 saturated heterocycles. The van der Waals surface area contributed by atoms with Gasteiger partial charge in [0.2, 0.25) is 11.6 Å². The Labute approximate surface area is 142 Å². The average molecular weight is 339 g/mol. The molecule has 0 spiro atoms. The molecule has 1 heterocycles. The second kappa shape index (κ2) is 7.02. The van der Waals surface area contributed by atoms with Crippen molar-refractivity contribution in [2.24, 2.45) is 10.2 Å². The average Bonchev–Trinajstić information content (AvgIpc) is 2.97. The minimum Gasteiger partial charge on any atom is -0.434 e. The van der Waals surface area contributed by atoms with Gasteiger partial charge < -0.3 is 4.74 Å². The maximum Gasteiger partial charge on any atom is 0.287 e. The van der Waals surface area contributed by atoms with Crippen molar-refractivity contribution in [2.75, 3.05) is 0 Å². The summed E-state index contributed by atoms with van der Waals surface area (Å²) in [6.07, 6.45) is 2.36. The van der Waals surface area contributed by atoms with Gasteiger partial charge in [-0.15, -0.1) is 5.10 Å². The number of carbonyl (C=O) groups excluding carboxylic acids is 2. The summed E-state index contributed by atoms with van der Waals surface area (Å²) in [7, 11) is 0. The van der Waals surface area contributed by atoms with Gasteiger partial charge in [0.15, 0.2) is 0 Å². The molecule has 1 aliphatic rings. The molecule has 2 aromatic rings. The van der Waals surface area contributed by atoms with E-state index in [0.29, 0.717) is 21.9 Å². The Bertz CT molecular complexity index is 869. The first-order valence-corrected chi connectivity index (χ1v) is 7.41. The predicted octanol–water partition coefficient (Wildman–Crippen LogP) is 3.55. The standard InChI is InChI=1S/C18H11ClN2O3/c19-14-8-6-13(7-9-14)17-10-15(22)18(24-17)21-20-11-16(23)12-4-2-1-3-5-12/h1-11H. The molecule has 0 unspecified atom stereocenters. The number of ether oxygens (including phenoxy) is 1. The lowest BCUT2D eigenvalue weighted by atomic mass is 10.1. The molecular weight excluding hydrogens is 328 g/mol. The minimum absolute atomic E-state index is 0.183. The third kappa shape index (κ3) is 3.64. The second-order valence-electron chi connectivity index (χ2n) is 4.86. The molecular formula is C18H11ClN2O3. The highest BCUT2D eigenvalue weighted by atomic mass is 35.5. The SMILES string of the molecule is O=C1C=C(c2ccc(Cl)cc2)OC1=NN=CC(=O)c1ccccc1. The van der Waals surface area contributed by atoms with E-state index in [1.807, 2.05) is 6.07 Å². The molecule has 2 aromatic carbocycles. The molecule has 0 aliphatic carbocycles. The fourth-order valence-corrected chi connectivity index (χ4v) is 2.13. The number of ketones is 2. The third-order valence-corrected chi connectivity index (χ3v) is 3.44. The first-order chi connectivity index (χ1) is 11.6. The van der Waals surface area contributed by atoms with Gasteiger partial charge in [-0.2, -0.15) is 5.10 Å². The molecule has 0 N–H and O–H groups in total. The minimum atomic E-state index is -0.413. The Kier molecular flexibility index (Phi) is 4.63. The van der Waals surface area contributed by atoms with E-state index in [1.54, 1.807) is 48.5 Å². The van der Waals surface area contributed by atoms with Gasteiger partial charge in [-0.25, -0.2) is 0 Å². The molecule has 0 atom stereocenters. The normalized spacial score (nSPS) is 15.6. The van der Waals surface area contributed by atoms with E-state index in [0.717, 1.165) is 6.21 Å². The van der Waals surface area contributed by atoms with Gasteiger partial charge in [0.05, 0.1) is 6.21 Å². The van der Waals surface area contributed by atoms with Crippen LogP contribution in [0.25, 0.3) is 5.76 Å². The summed E-state index contributed by atoms with van der Waals surface area (Å²) in [6.45, 7) is 0. The van der Waals surface area contributed by atoms with Crippen LogP contribution in [0.2, 0.25) is 5.02 Å². The zero-order chi connectivity index (χ0) is 16.9. The quantitative estimate of drug-likeness (QED) is 0.486. The van der Waals surface area contributed by atoms with E-state index >= 15 is 0 Å². The van der Waals surface area contributed by atoms with Crippen molar-refractivity contribution >= 4 is 41.0 Å². The Morgan fingerprint density at radius 2 is 1.75 bits per heavy atom. The van der Waals surface area contributed by atoms with Crippen molar-refractivity contribution in [1.82, 2.24) is 0 Å². The first kappa shape index (κ1) is 15.8. The first-order valence-electron chi connectivity index (χ1n) is 7.04. The smallest absolute Gasteiger partial charge is 0.287 e. The van der Waals surface area contributed by atoms with Crippen LogP contribution in [-0.2, 0) is 9.53 Å². The molecule has 0 amide bonds. The molecule has 0 radical (unpaired) electrons. The van der Waals surface area contributed by atoms with Gasteiger partial charge in [0.25, 0.3) is 5.90 Å². The van der Waals surface area contributed by atoms with E-state index < -0.39 is 5.78 Å². The summed E-state index contributed by atoms with van der Waals surface area (Å²) in [5.41, 5.74) is 1.18. The molecule has 0 saturated carbocycles. The van der Waals surface area contributed by atoms with Crippen molar-refractivity contribution in [1.29, 1.82) is 0 Å². The second-order valence-corrected chi connectivity index (χ2v) is 5.30. The maximum absolute atomic E-state index is 11.9. The van der Waals surface area contributed by atoms with Crippen LogP contribution in [0.15, 0.2) is 70.9 Å². The highest BCUT2D eigenvalue weighted by Crippen LogP contribution is 2.23. The number of Topliss-reactive ketones (excluding diaryl/α,β-unsaturated/α-hetero) is 1. The summed E-state index contributed by atoms with van der Waals surface area (Å²) in [5, 5.41) is 7.90. The van der Waals surface area contributed by atoms with Gasteiger partial charge in [-0.05, 0) is 24.3 Å². The molecule has 1 aliphatic heterocycles. The maximum atomic E-state index is 11.9. The van der Waals surface area contributed by atoms with Crippen LogP contribution in [0.3, 0.4) is 0 Å². The highest BCUT2D eigenvalue weighted by Gasteiger charge is 2.23. The highest BCUT2D eigenvalue weighted by molar-refractivity contribution is 6.45. The van der Waals surface area contributed by atoms with Crippen molar-refractivity contribution in [3.05, 3.63) is 76.8 Å². The number of halogens is 1. The molecule has 24 heavy (non-hydrogen) atoms. The molecule has 5 nitrogen and oxygen atoms in total.